The molecule has 0 unspecified atom stereocenters. The molecule has 1 heterocycles. The first-order valence-corrected chi connectivity index (χ1v) is 8.22. The minimum atomic E-state index is 0.230. The van der Waals surface area contributed by atoms with Crippen molar-refractivity contribution < 1.29 is 14.2 Å². The van der Waals surface area contributed by atoms with Crippen molar-refractivity contribution in [3.05, 3.63) is 64.7 Å². The molecular formula is C18H18N4O3S. The van der Waals surface area contributed by atoms with Gasteiger partial charge in [-0.1, -0.05) is 18.2 Å². The molecule has 0 aliphatic rings. The van der Waals surface area contributed by atoms with E-state index in [-0.39, 0.29) is 6.61 Å². The SMILES string of the molecule is COc1ccc(C=Nn2c(COc3ccccc3)n[nH]c2=S)c(OC)c1. The van der Waals surface area contributed by atoms with Gasteiger partial charge in [0.15, 0.2) is 5.82 Å². The molecule has 3 rings (SSSR count). The average Bonchev–Trinajstić information content (AvgIpc) is 3.05. The van der Waals surface area contributed by atoms with E-state index in [0.29, 0.717) is 22.1 Å². The molecule has 0 saturated carbocycles. The minimum absolute atomic E-state index is 0.230. The lowest BCUT2D eigenvalue weighted by atomic mass is 10.2. The summed E-state index contributed by atoms with van der Waals surface area (Å²) in [5.41, 5.74) is 0.784. The molecule has 0 aliphatic carbocycles. The van der Waals surface area contributed by atoms with Crippen LogP contribution in [0.3, 0.4) is 0 Å². The lowest BCUT2D eigenvalue weighted by Gasteiger charge is -2.07. The molecule has 0 aliphatic heterocycles. The monoisotopic (exact) mass is 370 g/mol. The van der Waals surface area contributed by atoms with E-state index in [1.807, 2.05) is 42.5 Å². The van der Waals surface area contributed by atoms with Crippen LogP contribution in [0.5, 0.6) is 17.2 Å². The second kappa shape index (κ2) is 8.30. The molecule has 134 valence electrons. The lowest BCUT2D eigenvalue weighted by molar-refractivity contribution is 0.290. The number of para-hydroxylation sites is 1. The van der Waals surface area contributed by atoms with Crippen molar-refractivity contribution in [3.8, 4) is 17.2 Å². The normalized spacial score (nSPS) is 10.8. The highest BCUT2D eigenvalue weighted by molar-refractivity contribution is 7.71. The molecule has 0 radical (unpaired) electrons. The number of hydrogen-bond donors (Lipinski definition) is 1. The van der Waals surface area contributed by atoms with Crippen LogP contribution in [0.4, 0.5) is 0 Å². The number of aromatic amines is 1. The number of aromatic nitrogens is 3. The van der Waals surface area contributed by atoms with Gasteiger partial charge in [0.1, 0.15) is 23.9 Å². The molecule has 8 heteroatoms. The Bertz CT molecular complexity index is 951. The third kappa shape index (κ3) is 4.09. The van der Waals surface area contributed by atoms with Gasteiger partial charge in [0.05, 0.1) is 20.4 Å². The van der Waals surface area contributed by atoms with E-state index in [1.54, 1.807) is 26.5 Å². The standard InChI is InChI=1S/C18H18N4O3S/c1-23-15-9-8-13(16(10-15)24-2)11-19-22-17(20-21-18(22)26)12-25-14-6-4-3-5-7-14/h3-11H,12H2,1-2H3,(H,21,26). The largest absolute Gasteiger partial charge is 0.497 e. The topological polar surface area (TPSA) is 73.7 Å². The summed E-state index contributed by atoms with van der Waals surface area (Å²) < 4.78 is 18.2. The first-order chi connectivity index (χ1) is 12.7. The second-order valence-corrected chi connectivity index (χ2v) is 5.60. The average molecular weight is 370 g/mol. The Balaban J connectivity index is 1.81. The lowest BCUT2D eigenvalue weighted by Crippen LogP contribution is -2.04. The summed E-state index contributed by atoms with van der Waals surface area (Å²) in [7, 11) is 3.20. The van der Waals surface area contributed by atoms with Gasteiger partial charge < -0.3 is 14.2 Å². The van der Waals surface area contributed by atoms with Crippen LogP contribution in [-0.2, 0) is 6.61 Å². The summed E-state index contributed by atoms with van der Waals surface area (Å²) in [6.45, 7) is 0.230. The Kier molecular flexibility index (Phi) is 5.65. The van der Waals surface area contributed by atoms with E-state index < -0.39 is 0 Å². The van der Waals surface area contributed by atoms with Crippen molar-refractivity contribution in [2.45, 2.75) is 6.61 Å². The maximum absolute atomic E-state index is 5.71. The second-order valence-electron chi connectivity index (χ2n) is 5.21. The Morgan fingerprint density at radius 2 is 1.92 bits per heavy atom. The number of ether oxygens (including phenoxy) is 3. The number of benzene rings is 2. The van der Waals surface area contributed by atoms with Crippen LogP contribution in [0.25, 0.3) is 0 Å². The van der Waals surface area contributed by atoms with Crippen LogP contribution in [0.2, 0.25) is 0 Å². The van der Waals surface area contributed by atoms with E-state index in [4.69, 9.17) is 26.4 Å². The highest BCUT2D eigenvalue weighted by Gasteiger charge is 2.07. The molecule has 0 atom stereocenters. The van der Waals surface area contributed by atoms with Crippen molar-refractivity contribution in [2.24, 2.45) is 5.10 Å². The van der Waals surface area contributed by atoms with Gasteiger partial charge in [-0.3, -0.25) is 0 Å². The summed E-state index contributed by atoms with van der Waals surface area (Å²) in [5, 5.41) is 11.3. The molecule has 26 heavy (non-hydrogen) atoms. The number of nitrogens with zero attached hydrogens (tertiary/aromatic N) is 3. The molecule has 0 saturated heterocycles. The van der Waals surface area contributed by atoms with Crippen LogP contribution in [0.1, 0.15) is 11.4 Å². The van der Waals surface area contributed by atoms with Crippen molar-refractivity contribution >= 4 is 18.4 Å². The third-order valence-electron chi connectivity index (χ3n) is 3.58. The van der Waals surface area contributed by atoms with Crippen LogP contribution in [-0.4, -0.2) is 35.3 Å². The zero-order valence-corrected chi connectivity index (χ0v) is 15.2. The maximum Gasteiger partial charge on any atom is 0.216 e. The van der Waals surface area contributed by atoms with Gasteiger partial charge in [0, 0.05) is 11.6 Å². The van der Waals surface area contributed by atoms with E-state index in [2.05, 4.69) is 15.3 Å². The van der Waals surface area contributed by atoms with Crippen molar-refractivity contribution in [2.75, 3.05) is 14.2 Å². The number of nitrogens with one attached hydrogen (secondary N) is 1. The van der Waals surface area contributed by atoms with Crippen molar-refractivity contribution in [3.63, 3.8) is 0 Å². The van der Waals surface area contributed by atoms with Crippen LogP contribution in [0, 0.1) is 4.77 Å². The molecule has 1 aromatic heterocycles. The van der Waals surface area contributed by atoms with Gasteiger partial charge >= 0.3 is 0 Å². The summed E-state index contributed by atoms with van der Waals surface area (Å²) >= 11 is 5.24. The van der Waals surface area contributed by atoms with Gasteiger partial charge in [0.2, 0.25) is 4.77 Å². The Hall–Kier alpha value is -3.13. The molecule has 0 bridgehead atoms. The first-order valence-electron chi connectivity index (χ1n) is 7.82. The Morgan fingerprint density at radius 1 is 1.12 bits per heavy atom. The zero-order valence-electron chi connectivity index (χ0n) is 14.4. The quantitative estimate of drug-likeness (QED) is 0.510. The third-order valence-corrected chi connectivity index (χ3v) is 3.85. The number of H-pyrrole nitrogens is 1. The van der Waals surface area contributed by atoms with Gasteiger partial charge in [-0.05, 0) is 36.5 Å². The van der Waals surface area contributed by atoms with E-state index in [1.165, 1.54) is 4.68 Å². The van der Waals surface area contributed by atoms with Gasteiger partial charge in [-0.25, -0.2) is 5.10 Å². The molecule has 2 aromatic carbocycles. The molecule has 1 N–H and O–H groups in total. The Morgan fingerprint density at radius 3 is 2.65 bits per heavy atom. The summed E-state index contributed by atoms with van der Waals surface area (Å²) in [4.78, 5) is 0. The number of rotatable bonds is 7. The fourth-order valence-corrected chi connectivity index (χ4v) is 2.44. The zero-order chi connectivity index (χ0) is 18.4. The van der Waals surface area contributed by atoms with Crippen LogP contribution in [0.15, 0.2) is 53.6 Å². The predicted octanol–water partition coefficient (Wildman–Crippen LogP) is 3.42. The van der Waals surface area contributed by atoms with Crippen LogP contribution >= 0.6 is 12.2 Å². The van der Waals surface area contributed by atoms with Crippen molar-refractivity contribution in [1.82, 2.24) is 14.9 Å². The van der Waals surface area contributed by atoms with E-state index in [0.717, 1.165) is 11.3 Å². The van der Waals surface area contributed by atoms with Gasteiger partial charge in [-0.2, -0.15) is 14.9 Å². The molecule has 0 amide bonds. The minimum Gasteiger partial charge on any atom is -0.497 e. The van der Waals surface area contributed by atoms with E-state index >= 15 is 0 Å². The summed E-state index contributed by atoms with van der Waals surface area (Å²) in [6.07, 6.45) is 1.65. The molecular weight excluding hydrogens is 352 g/mol. The molecule has 0 fully saturated rings. The molecule has 0 spiro atoms. The van der Waals surface area contributed by atoms with Gasteiger partial charge in [-0.15, -0.1) is 0 Å². The number of methoxy groups -OCH3 is 2. The molecule has 7 nitrogen and oxygen atoms in total. The Labute approximate surface area is 155 Å². The first kappa shape index (κ1) is 17.7. The smallest absolute Gasteiger partial charge is 0.216 e. The van der Waals surface area contributed by atoms with E-state index in [9.17, 15) is 0 Å². The van der Waals surface area contributed by atoms with Gasteiger partial charge in [0.25, 0.3) is 0 Å². The summed E-state index contributed by atoms with van der Waals surface area (Å²) in [5.74, 6) is 2.65. The predicted molar refractivity (Wildman–Crippen MR) is 101 cm³/mol. The molecule has 3 aromatic rings. The summed E-state index contributed by atoms with van der Waals surface area (Å²) in [6, 6.07) is 14.9. The fourth-order valence-electron chi connectivity index (χ4n) is 2.25. The number of hydrogen-bond acceptors (Lipinski definition) is 6. The van der Waals surface area contributed by atoms with Crippen molar-refractivity contribution in [1.29, 1.82) is 0 Å². The van der Waals surface area contributed by atoms with Crippen LogP contribution < -0.4 is 14.2 Å². The highest BCUT2D eigenvalue weighted by Crippen LogP contribution is 2.23. The highest BCUT2D eigenvalue weighted by atomic mass is 32.1. The fraction of sp³-hybridized carbons (Fsp3) is 0.167. The maximum atomic E-state index is 5.71.